The van der Waals surface area contributed by atoms with Crippen LogP contribution in [0.25, 0.3) is 0 Å². The number of hydrogen-bond acceptors (Lipinski definition) is 4. The van der Waals surface area contributed by atoms with Crippen molar-refractivity contribution >= 4 is 27.5 Å². The zero-order valence-corrected chi connectivity index (χ0v) is 24.1. The van der Waals surface area contributed by atoms with Crippen molar-refractivity contribution in [2.24, 2.45) is 23.7 Å². The van der Waals surface area contributed by atoms with Crippen molar-refractivity contribution in [1.29, 1.82) is 0 Å². The van der Waals surface area contributed by atoms with Gasteiger partial charge in [-0.3, -0.25) is 0 Å². The van der Waals surface area contributed by atoms with Gasteiger partial charge < -0.3 is 9.84 Å². The minimum atomic E-state index is -3.30. The van der Waals surface area contributed by atoms with Crippen LogP contribution in [0.1, 0.15) is 85.5 Å². The van der Waals surface area contributed by atoms with Gasteiger partial charge in [-0.05, 0) is 116 Å². The zero-order chi connectivity index (χ0) is 24.2. The Morgan fingerprint density at radius 2 is 1.70 bits per heavy atom. The van der Waals surface area contributed by atoms with Crippen LogP contribution in [0.3, 0.4) is 0 Å². The molecule has 3 unspecified atom stereocenters. The van der Waals surface area contributed by atoms with E-state index in [1.807, 2.05) is 10.8 Å². The summed E-state index contributed by atoms with van der Waals surface area (Å²) in [6, 6.07) is 0. The van der Waals surface area contributed by atoms with Crippen LogP contribution in [-0.2, 0) is 14.8 Å². The smallest absolute Gasteiger partial charge is 0.223 e. The zero-order valence-electron chi connectivity index (χ0n) is 21.3. The average molecular weight is 520 g/mol. The van der Waals surface area contributed by atoms with Gasteiger partial charge in [0.1, 0.15) is 0 Å². The van der Waals surface area contributed by atoms with Crippen LogP contribution >= 0.6 is 17.5 Å². The van der Waals surface area contributed by atoms with Crippen LogP contribution in [-0.4, -0.2) is 53.8 Å². The number of methoxy groups -OCH3 is 1. The van der Waals surface area contributed by atoms with Crippen molar-refractivity contribution in [3.63, 3.8) is 0 Å². The van der Waals surface area contributed by atoms with E-state index in [4.69, 9.17) is 4.74 Å². The molecule has 0 bridgehead atoms. The predicted octanol–water partition coefficient (Wildman–Crippen LogP) is 5.94. The van der Waals surface area contributed by atoms with Crippen molar-refractivity contribution in [3.8, 4) is 0 Å². The highest BCUT2D eigenvalue weighted by atomic mass is 32.2. The van der Waals surface area contributed by atoms with Gasteiger partial charge in [-0.1, -0.05) is 33.3 Å². The number of aliphatic hydroxyl groups is 1. The third-order valence-electron chi connectivity index (χ3n) is 8.07. The van der Waals surface area contributed by atoms with Crippen LogP contribution in [0.15, 0.2) is 11.6 Å². The molecule has 3 rings (SSSR count). The molecule has 33 heavy (non-hydrogen) atoms. The first-order valence-corrected chi connectivity index (χ1v) is 16.7. The summed E-state index contributed by atoms with van der Waals surface area (Å²) in [5.41, 5.74) is 2.50. The number of allylic oxidation sites excluding steroid dienone is 1. The molecule has 8 heteroatoms. The lowest BCUT2D eigenvalue weighted by Crippen LogP contribution is -2.40. The Morgan fingerprint density at radius 3 is 2.09 bits per heavy atom. The van der Waals surface area contributed by atoms with E-state index in [0.29, 0.717) is 40.6 Å². The van der Waals surface area contributed by atoms with Gasteiger partial charge in [0.15, 0.2) is 0 Å². The molecule has 0 saturated heterocycles. The topological polar surface area (TPSA) is 66.8 Å². The Labute approximate surface area is 206 Å². The maximum atomic E-state index is 13.8. The van der Waals surface area contributed by atoms with Gasteiger partial charge in [-0.25, -0.2) is 8.42 Å². The minimum absolute atomic E-state index is 0.0311. The van der Waals surface area contributed by atoms with Crippen molar-refractivity contribution < 1.29 is 18.3 Å². The Kier molecular flexibility index (Phi) is 10.7. The normalized spacial score (nSPS) is 28.5. The van der Waals surface area contributed by atoms with Gasteiger partial charge in [-0.15, -0.1) is 0 Å². The molecule has 0 aromatic heterocycles. The lowest BCUT2D eigenvalue weighted by Gasteiger charge is -2.41. The van der Waals surface area contributed by atoms with Crippen LogP contribution in [0.5, 0.6) is 0 Å². The molecule has 3 saturated carbocycles. The molecule has 1 N–H and O–H groups in total. The minimum Gasteiger partial charge on any atom is -0.396 e. The highest BCUT2D eigenvalue weighted by molar-refractivity contribution is 7.98. The summed E-state index contributed by atoms with van der Waals surface area (Å²) in [4.78, 5) is 0. The molecule has 0 heterocycles. The van der Waals surface area contributed by atoms with Gasteiger partial charge in [0.05, 0.1) is 11.4 Å². The number of sulfonamides is 1. The molecular weight excluding hydrogens is 472 g/mol. The van der Waals surface area contributed by atoms with Gasteiger partial charge in [0.2, 0.25) is 10.0 Å². The Hall–Kier alpha value is 0.430. The molecule has 0 amide bonds. The van der Waals surface area contributed by atoms with E-state index in [-0.39, 0.29) is 29.8 Å². The van der Waals surface area contributed by atoms with Crippen LogP contribution in [0, 0.1) is 23.7 Å². The quantitative estimate of drug-likeness (QED) is 0.202. The van der Waals surface area contributed by atoms with Gasteiger partial charge in [0.25, 0.3) is 0 Å². The highest BCUT2D eigenvalue weighted by Gasteiger charge is 2.41. The van der Waals surface area contributed by atoms with Crippen LogP contribution in [0.4, 0.5) is 0 Å². The second-order valence-corrected chi connectivity index (χ2v) is 16.8. The third-order valence-corrected chi connectivity index (χ3v) is 15.2. The number of ether oxygens (including phenoxy) is 1. The van der Waals surface area contributed by atoms with Crippen LogP contribution in [0.2, 0.25) is 0 Å². The first-order valence-electron chi connectivity index (χ1n) is 13.2. The van der Waals surface area contributed by atoms with Crippen molar-refractivity contribution in [3.05, 3.63) is 11.6 Å². The Balaban J connectivity index is 1.78. The monoisotopic (exact) mass is 519 g/mol. The van der Waals surface area contributed by atoms with E-state index in [2.05, 4.69) is 26.8 Å². The fourth-order valence-corrected chi connectivity index (χ4v) is 12.1. The molecule has 3 aliphatic carbocycles. The standard InChI is InChI=1S/C25H47NO4P2S/c1-6-8-20(15-19(7-2)25(30-5)24-14-9-21(24)16-27)17(3)18(4)33(28,29)26(31-22-10-11-22)32-23-12-13-23/h15,17-18,20-25,27,31-32H,6-14,16H2,1-5H3/b19-15+/t17-,18-,20?,21+,24-,25+/m1/s1. The van der Waals surface area contributed by atoms with E-state index in [0.717, 1.165) is 32.1 Å². The summed E-state index contributed by atoms with van der Waals surface area (Å²) in [7, 11) is -0.627. The van der Waals surface area contributed by atoms with E-state index < -0.39 is 10.0 Å². The lowest BCUT2D eigenvalue weighted by atomic mass is 9.68. The van der Waals surface area contributed by atoms with Crippen molar-refractivity contribution in [2.75, 3.05) is 13.7 Å². The van der Waals surface area contributed by atoms with E-state index in [1.165, 1.54) is 31.3 Å². The second-order valence-electron chi connectivity index (χ2n) is 10.6. The van der Waals surface area contributed by atoms with Crippen LogP contribution < -0.4 is 0 Å². The molecule has 3 aliphatic rings. The molecule has 0 spiro atoms. The Bertz CT molecular complexity index is 738. The third kappa shape index (κ3) is 7.23. The lowest BCUT2D eigenvalue weighted by molar-refractivity contribution is -0.0189. The molecule has 0 aromatic rings. The molecule has 5 nitrogen and oxygen atoms in total. The number of rotatable bonds is 16. The second kappa shape index (κ2) is 12.6. The summed E-state index contributed by atoms with van der Waals surface area (Å²) in [5, 5.41) is 9.33. The van der Waals surface area contributed by atoms with Gasteiger partial charge in [0, 0.05) is 13.7 Å². The molecule has 3 fully saturated rings. The fourth-order valence-electron chi connectivity index (χ4n) is 5.07. The summed E-state index contributed by atoms with van der Waals surface area (Å²) in [6.07, 6.45) is 12.3. The molecule has 192 valence electrons. The summed E-state index contributed by atoms with van der Waals surface area (Å²) < 4.78 is 35.4. The maximum Gasteiger partial charge on any atom is 0.223 e. The summed E-state index contributed by atoms with van der Waals surface area (Å²) >= 11 is 0. The molecule has 0 aromatic carbocycles. The van der Waals surface area contributed by atoms with E-state index >= 15 is 0 Å². The van der Waals surface area contributed by atoms with Gasteiger partial charge in [-0.2, -0.15) is 3.85 Å². The summed E-state index contributed by atoms with van der Waals surface area (Å²) in [6.45, 7) is 8.69. The molecule has 0 radical (unpaired) electrons. The molecule has 8 atom stereocenters. The van der Waals surface area contributed by atoms with E-state index in [1.54, 1.807) is 7.11 Å². The predicted molar refractivity (Wildman–Crippen MR) is 143 cm³/mol. The van der Waals surface area contributed by atoms with Crippen molar-refractivity contribution in [2.45, 2.75) is 108 Å². The number of nitrogens with zero attached hydrogens (tertiary/aromatic N) is 1. The molecule has 0 aliphatic heterocycles. The first-order chi connectivity index (χ1) is 15.8. The Morgan fingerprint density at radius 1 is 1.09 bits per heavy atom. The van der Waals surface area contributed by atoms with Gasteiger partial charge >= 0.3 is 0 Å². The SMILES string of the molecule is CCCC(/C=C(\CC)[C@H](OC)[C@@H]1CC[C@H]1CO)[C@H](C)[C@@H](C)S(=O)(=O)N(PC1CC1)PC1CC1. The maximum absolute atomic E-state index is 13.8. The number of aliphatic hydroxyl groups excluding tert-OH is 1. The largest absolute Gasteiger partial charge is 0.396 e. The average Bonchev–Trinajstić information content (AvgIpc) is 3.69. The summed E-state index contributed by atoms with van der Waals surface area (Å²) in [5.74, 6) is 0.974. The first kappa shape index (κ1) is 28.0. The van der Waals surface area contributed by atoms with E-state index in [9.17, 15) is 13.5 Å². The fraction of sp³-hybridized carbons (Fsp3) is 0.920. The molecular formula is C25H47NO4P2S. The van der Waals surface area contributed by atoms with Crippen molar-refractivity contribution in [1.82, 2.24) is 3.85 Å². The number of hydrogen-bond donors (Lipinski definition) is 1. The highest BCUT2D eigenvalue weighted by Crippen LogP contribution is 2.55.